The lowest BCUT2D eigenvalue weighted by Gasteiger charge is -2.06. The molecule has 16 heavy (non-hydrogen) atoms. The molecule has 1 unspecified atom stereocenters. The van der Waals surface area contributed by atoms with E-state index < -0.39 is 11.9 Å². The first kappa shape index (κ1) is 12.4. The van der Waals surface area contributed by atoms with Crippen LogP contribution in [0.3, 0.4) is 0 Å². The van der Waals surface area contributed by atoms with E-state index in [1.54, 1.807) is 6.08 Å². The van der Waals surface area contributed by atoms with Gasteiger partial charge in [0.05, 0.1) is 12.7 Å². The molecule has 2 rings (SSSR count). The van der Waals surface area contributed by atoms with Crippen molar-refractivity contribution in [1.29, 1.82) is 0 Å². The first-order chi connectivity index (χ1) is 7.50. The molecule has 1 fully saturated rings. The highest BCUT2D eigenvalue weighted by molar-refractivity contribution is 5.87. The van der Waals surface area contributed by atoms with Crippen LogP contribution in [0.5, 0.6) is 0 Å². The molecule has 0 aromatic heterocycles. The van der Waals surface area contributed by atoms with E-state index in [1.165, 1.54) is 0 Å². The minimum atomic E-state index is -0.925. The topological polar surface area (TPSA) is 87.1 Å². The van der Waals surface area contributed by atoms with E-state index in [-0.39, 0.29) is 11.7 Å². The van der Waals surface area contributed by atoms with Crippen LogP contribution in [0.1, 0.15) is 19.3 Å². The molecule has 0 bridgehead atoms. The SMILES string of the molecule is C=C(CC1CO1)C(=O)O.O=C(O)C1=CCC1. The van der Waals surface area contributed by atoms with Crippen molar-refractivity contribution in [3.8, 4) is 0 Å². The van der Waals surface area contributed by atoms with Gasteiger partial charge in [0.15, 0.2) is 0 Å². The Kier molecular flexibility index (Phi) is 4.25. The van der Waals surface area contributed by atoms with Crippen molar-refractivity contribution < 1.29 is 24.5 Å². The highest BCUT2D eigenvalue weighted by atomic mass is 16.6. The maximum Gasteiger partial charge on any atom is 0.331 e. The van der Waals surface area contributed by atoms with E-state index in [1.807, 2.05) is 0 Å². The number of epoxide rings is 1. The summed E-state index contributed by atoms with van der Waals surface area (Å²) >= 11 is 0. The number of aliphatic carboxylic acids is 2. The third kappa shape index (κ3) is 4.27. The smallest absolute Gasteiger partial charge is 0.331 e. The monoisotopic (exact) mass is 226 g/mol. The average Bonchev–Trinajstić information content (AvgIpc) is 2.84. The van der Waals surface area contributed by atoms with Crippen LogP contribution >= 0.6 is 0 Å². The molecule has 1 aliphatic heterocycles. The van der Waals surface area contributed by atoms with E-state index in [4.69, 9.17) is 14.9 Å². The van der Waals surface area contributed by atoms with Crippen LogP contribution < -0.4 is 0 Å². The van der Waals surface area contributed by atoms with Crippen molar-refractivity contribution >= 4 is 11.9 Å². The molecule has 88 valence electrons. The Labute approximate surface area is 93.0 Å². The van der Waals surface area contributed by atoms with E-state index in [9.17, 15) is 9.59 Å². The molecular formula is C11H14O5. The van der Waals surface area contributed by atoms with Gasteiger partial charge in [0.25, 0.3) is 0 Å². The maximum absolute atomic E-state index is 10.1. The number of ether oxygens (including phenoxy) is 1. The molecule has 1 heterocycles. The Morgan fingerprint density at radius 3 is 2.25 bits per heavy atom. The van der Waals surface area contributed by atoms with Crippen molar-refractivity contribution in [2.24, 2.45) is 0 Å². The number of hydrogen-bond acceptors (Lipinski definition) is 3. The second-order valence-corrected chi connectivity index (χ2v) is 3.64. The lowest BCUT2D eigenvalue weighted by Crippen LogP contribution is -2.05. The van der Waals surface area contributed by atoms with Gasteiger partial charge in [0.2, 0.25) is 0 Å². The van der Waals surface area contributed by atoms with Crippen LogP contribution in [0.15, 0.2) is 23.8 Å². The van der Waals surface area contributed by atoms with Crippen LogP contribution in [0.4, 0.5) is 0 Å². The standard InChI is InChI=1S/C6H8O3.C5H6O2/c1-4(6(7)8)2-5-3-9-5;6-5(7)4-2-1-3-4/h5H,1-3H2,(H,7,8);2H,1,3H2,(H,6,7). The molecule has 5 heteroatoms. The molecule has 0 radical (unpaired) electrons. The van der Waals surface area contributed by atoms with Crippen LogP contribution in [-0.4, -0.2) is 34.9 Å². The van der Waals surface area contributed by atoms with Gasteiger partial charge in [0, 0.05) is 17.6 Å². The molecule has 1 atom stereocenters. The number of rotatable bonds is 4. The minimum absolute atomic E-state index is 0.133. The zero-order valence-corrected chi connectivity index (χ0v) is 8.81. The lowest BCUT2D eigenvalue weighted by atomic mass is 10.00. The normalized spacial score (nSPS) is 20.8. The molecular weight excluding hydrogens is 212 g/mol. The third-order valence-corrected chi connectivity index (χ3v) is 2.26. The van der Waals surface area contributed by atoms with Gasteiger partial charge < -0.3 is 14.9 Å². The highest BCUT2D eigenvalue weighted by Gasteiger charge is 2.24. The summed E-state index contributed by atoms with van der Waals surface area (Å²) in [7, 11) is 0. The molecule has 2 aliphatic rings. The average molecular weight is 226 g/mol. The number of carboxylic acid groups (broad SMARTS) is 2. The van der Waals surface area contributed by atoms with Crippen molar-refractivity contribution in [3.05, 3.63) is 23.8 Å². The van der Waals surface area contributed by atoms with Gasteiger partial charge in [-0.25, -0.2) is 9.59 Å². The van der Waals surface area contributed by atoms with Crippen molar-refractivity contribution in [2.75, 3.05) is 6.61 Å². The molecule has 0 aromatic carbocycles. The zero-order valence-electron chi connectivity index (χ0n) is 8.81. The summed E-state index contributed by atoms with van der Waals surface area (Å²) in [6, 6.07) is 0. The maximum atomic E-state index is 10.1. The van der Waals surface area contributed by atoms with E-state index >= 15 is 0 Å². The van der Waals surface area contributed by atoms with E-state index in [2.05, 4.69) is 6.58 Å². The Bertz CT molecular complexity index is 338. The third-order valence-electron chi connectivity index (χ3n) is 2.26. The quantitative estimate of drug-likeness (QED) is 0.555. The second-order valence-electron chi connectivity index (χ2n) is 3.64. The predicted molar refractivity (Wildman–Crippen MR) is 56.1 cm³/mol. The first-order valence-corrected chi connectivity index (χ1v) is 4.95. The molecule has 0 aromatic rings. The summed E-state index contributed by atoms with van der Waals surface area (Å²) in [5, 5.41) is 16.5. The van der Waals surface area contributed by atoms with Gasteiger partial charge >= 0.3 is 11.9 Å². The fraction of sp³-hybridized carbons (Fsp3) is 0.455. The fourth-order valence-electron chi connectivity index (χ4n) is 1.03. The molecule has 1 aliphatic carbocycles. The molecule has 1 saturated heterocycles. The Morgan fingerprint density at radius 2 is 2.06 bits per heavy atom. The van der Waals surface area contributed by atoms with Gasteiger partial charge in [-0.1, -0.05) is 12.7 Å². The number of carboxylic acids is 2. The summed E-state index contributed by atoms with van der Waals surface area (Å²) in [6.45, 7) is 4.04. The van der Waals surface area contributed by atoms with Gasteiger partial charge in [0.1, 0.15) is 0 Å². The zero-order chi connectivity index (χ0) is 12.1. The highest BCUT2D eigenvalue weighted by Crippen LogP contribution is 2.17. The first-order valence-electron chi connectivity index (χ1n) is 4.95. The van der Waals surface area contributed by atoms with Crippen LogP contribution in [0, 0.1) is 0 Å². The molecule has 5 nitrogen and oxygen atoms in total. The molecule has 0 saturated carbocycles. The summed E-state index contributed by atoms with van der Waals surface area (Å²) < 4.78 is 4.81. The van der Waals surface area contributed by atoms with Gasteiger partial charge in [-0.3, -0.25) is 0 Å². The van der Waals surface area contributed by atoms with Crippen LogP contribution in [0.25, 0.3) is 0 Å². The van der Waals surface area contributed by atoms with Crippen LogP contribution in [0.2, 0.25) is 0 Å². The lowest BCUT2D eigenvalue weighted by molar-refractivity contribution is -0.133. The summed E-state index contributed by atoms with van der Waals surface area (Å²) in [5.74, 6) is -1.68. The molecule has 2 N–H and O–H groups in total. The summed E-state index contributed by atoms with van der Waals surface area (Å²) in [6.07, 6.45) is 4.04. The van der Waals surface area contributed by atoms with Crippen molar-refractivity contribution in [1.82, 2.24) is 0 Å². The van der Waals surface area contributed by atoms with Crippen molar-refractivity contribution in [2.45, 2.75) is 25.4 Å². The predicted octanol–water partition coefficient (Wildman–Crippen LogP) is 1.21. The molecule has 0 spiro atoms. The number of carbonyl (C=O) groups is 2. The van der Waals surface area contributed by atoms with E-state index in [0.29, 0.717) is 18.6 Å². The Balaban J connectivity index is 0.000000165. The number of allylic oxidation sites excluding steroid dienone is 1. The Hall–Kier alpha value is -1.62. The van der Waals surface area contributed by atoms with Gasteiger partial charge in [-0.2, -0.15) is 0 Å². The Morgan fingerprint density at radius 1 is 1.50 bits per heavy atom. The minimum Gasteiger partial charge on any atom is -0.478 e. The molecule has 0 amide bonds. The van der Waals surface area contributed by atoms with Gasteiger partial charge in [-0.15, -0.1) is 0 Å². The number of hydrogen-bond donors (Lipinski definition) is 2. The fourth-order valence-corrected chi connectivity index (χ4v) is 1.03. The van der Waals surface area contributed by atoms with E-state index in [0.717, 1.165) is 12.8 Å². The van der Waals surface area contributed by atoms with Crippen molar-refractivity contribution in [3.63, 3.8) is 0 Å². The largest absolute Gasteiger partial charge is 0.478 e. The summed E-state index contributed by atoms with van der Waals surface area (Å²) in [4.78, 5) is 20.0. The summed E-state index contributed by atoms with van der Waals surface area (Å²) in [5.41, 5.74) is 0.803. The van der Waals surface area contributed by atoms with Crippen LogP contribution in [-0.2, 0) is 14.3 Å². The second kappa shape index (κ2) is 5.46. The van der Waals surface area contributed by atoms with Gasteiger partial charge in [-0.05, 0) is 12.8 Å².